The third-order valence-corrected chi connectivity index (χ3v) is 3.90. The highest BCUT2D eigenvalue weighted by Gasteiger charge is 2.07. The summed E-state index contributed by atoms with van der Waals surface area (Å²) >= 11 is 0. The van der Waals surface area contributed by atoms with Crippen LogP contribution < -0.4 is 16.0 Å². The lowest BCUT2D eigenvalue weighted by molar-refractivity contribution is 0.0963. The molecule has 25 heavy (non-hydrogen) atoms. The molecule has 0 heterocycles. The Morgan fingerprint density at radius 1 is 1.20 bits per heavy atom. The van der Waals surface area contributed by atoms with Gasteiger partial charge in [-0.25, -0.2) is 0 Å². The summed E-state index contributed by atoms with van der Waals surface area (Å²) in [6.07, 6.45) is 3.60. The number of rotatable bonds is 8. The summed E-state index contributed by atoms with van der Waals surface area (Å²) in [6.45, 7) is 7.32. The number of hydrogen-bond donors (Lipinski definition) is 3. The molecule has 1 amide bonds. The van der Waals surface area contributed by atoms with Crippen molar-refractivity contribution in [3.8, 4) is 0 Å². The molecule has 0 bridgehead atoms. The first-order valence-electron chi connectivity index (χ1n) is 8.74. The summed E-state index contributed by atoms with van der Waals surface area (Å²) in [5.74, 6) is 1.47. The second kappa shape index (κ2) is 13.0. The van der Waals surface area contributed by atoms with Crippen molar-refractivity contribution < 1.29 is 4.79 Å². The summed E-state index contributed by atoms with van der Waals surface area (Å²) in [5.41, 5.74) is 1.72. The summed E-state index contributed by atoms with van der Waals surface area (Å²) in [6, 6.07) is 7.98. The molecule has 0 aliphatic heterocycles. The number of benzene rings is 1. The van der Waals surface area contributed by atoms with Crippen LogP contribution in [-0.4, -0.2) is 32.0 Å². The van der Waals surface area contributed by atoms with Crippen LogP contribution in [0.3, 0.4) is 0 Å². The number of hydrogen-bond acceptors (Lipinski definition) is 2. The Hall–Kier alpha value is -1.31. The molecule has 1 aromatic rings. The molecular weight excluding hydrogens is 427 g/mol. The van der Waals surface area contributed by atoms with E-state index in [1.807, 2.05) is 24.3 Å². The van der Waals surface area contributed by atoms with E-state index in [1.165, 1.54) is 12.8 Å². The zero-order valence-electron chi connectivity index (χ0n) is 16.1. The minimum absolute atomic E-state index is 0. The fourth-order valence-electron chi connectivity index (χ4n) is 2.49. The van der Waals surface area contributed by atoms with Crippen molar-refractivity contribution in [1.29, 1.82) is 0 Å². The zero-order valence-corrected chi connectivity index (χ0v) is 18.4. The van der Waals surface area contributed by atoms with Gasteiger partial charge in [0.15, 0.2) is 5.96 Å². The monoisotopic (exact) mass is 460 g/mol. The Morgan fingerprint density at radius 3 is 2.52 bits per heavy atom. The molecule has 0 radical (unpaired) electrons. The first-order valence-corrected chi connectivity index (χ1v) is 8.74. The maximum atomic E-state index is 11.7. The predicted molar refractivity (Wildman–Crippen MR) is 117 cm³/mol. The van der Waals surface area contributed by atoms with Crippen LogP contribution in [0.25, 0.3) is 0 Å². The normalized spacial score (nSPS) is 12.3. The smallest absolute Gasteiger partial charge is 0.251 e. The molecule has 6 heteroatoms. The van der Waals surface area contributed by atoms with Crippen LogP contribution in [0, 0.1) is 5.92 Å². The van der Waals surface area contributed by atoms with Gasteiger partial charge >= 0.3 is 0 Å². The first-order chi connectivity index (χ1) is 11.5. The molecule has 0 aliphatic carbocycles. The van der Waals surface area contributed by atoms with E-state index >= 15 is 0 Å². The second-order valence-corrected chi connectivity index (χ2v) is 6.58. The summed E-state index contributed by atoms with van der Waals surface area (Å²) in [4.78, 5) is 16.0. The highest BCUT2D eigenvalue weighted by molar-refractivity contribution is 14.0. The SMILES string of the molecule is CN=C(NCc1cccc(C(=O)NC)c1)NC(C)CCCC(C)C.I. The molecule has 0 fully saturated rings. The summed E-state index contributed by atoms with van der Waals surface area (Å²) < 4.78 is 0. The van der Waals surface area contributed by atoms with Crippen molar-refractivity contribution in [2.75, 3.05) is 14.1 Å². The van der Waals surface area contributed by atoms with E-state index in [-0.39, 0.29) is 29.9 Å². The Labute approximate surface area is 169 Å². The average Bonchev–Trinajstić information content (AvgIpc) is 2.57. The standard InChI is InChI=1S/C19H32N4O.HI/c1-14(2)8-6-9-15(3)23-19(21-5)22-13-16-10-7-11-17(12-16)18(24)20-4;/h7,10-12,14-15H,6,8-9,13H2,1-5H3,(H,20,24)(H2,21,22,23);1H. The highest BCUT2D eigenvalue weighted by Crippen LogP contribution is 2.08. The molecule has 1 rings (SSSR count). The third kappa shape index (κ3) is 9.67. The molecular formula is C19H33IN4O. The van der Waals surface area contributed by atoms with Crippen LogP contribution in [0.5, 0.6) is 0 Å². The van der Waals surface area contributed by atoms with Crippen molar-refractivity contribution in [1.82, 2.24) is 16.0 Å². The van der Waals surface area contributed by atoms with Crippen molar-refractivity contribution in [2.24, 2.45) is 10.9 Å². The Bertz CT molecular complexity index is 546. The zero-order chi connectivity index (χ0) is 17.9. The Balaban J connectivity index is 0.00000576. The Morgan fingerprint density at radius 2 is 1.92 bits per heavy atom. The van der Waals surface area contributed by atoms with Gasteiger partial charge in [0.1, 0.15) is 0 Å². The number of nitrogens with zero attached hydrogens (tertiary/aromatic N) is 1. The third-order valence-electron chi connectivity index (χ3n) is 3.90. The van der Waals surface area contributed by atoms with E-state index in [0.717, 1.165) is 23.9 Å². The highest BCUT2D eigenvalue weighted by atomic mass is 127. The minimum Gasteiger partial charge on any atom is -0.355 e. The van der Waals surface area contributed by atoms with E-state index in [4.69, 9.17) is 0 Å². The van der Waals surface area contributed by atoms with Gasteiger partial charge in [-0.1, -0.05) is 38.8 Å². The number of carbonyl (C=O) groups excluding carboxylic acids is 1. The second-order valence-electron chi connectivity index (χ2n) is 6.58. The van der Waals surface area contributed by atoms with E-state index in [9.17, 15) is 4.79 Å². The predicted octanol–water partition coefficient (Wildman–Crippen LogP) is 3.54. The van der Waals surface area contributed by atoms with Crippen molar-refractivity contribution in [3.05, 3.63) is 35.4 Å². The van der Waals surface area contributed by atoms with Gasteiger partial charge in [-0.15, -0.1) is 24.0 Å². The fourth-order valence-corrected chi connectivity index (χ4v) is 2.49. The van der Waals surface area contributed by atoms with Gasteiger partial charge in [0.05, 0.1) is 0 Å². The molecule has 142 valence electrons. The number of amides is 1. The summed E-state index contributed by atoms with van der Waals surface area (Å²) in [7, 11) is 3.41. The van der Waals surface area contributed by atoms with Gasteiger partial charge in [-0.2, -0.15) is 0 Å². The molecule has 1 atom stereocenters. The quantitative estimate of drug-likeness (QED) is 0.316. The number of carbonyl (C=O) groups is 1. The van der Waals surface area contributed by atoms with Crippen LogP contribution in [-0.2, 0) is 6.54 Å². The van der Waals surface area contributed by atoms with Crippen molar-refractivity contribution >= 4 is 35.8 Å². The first kappa shape index (κ1) is 23.7. The number of nitrogens with one attached hydrogen (secondary N) is 3. The number of aliphatic imine (C=N–C) groups is 1. The van der Waals surface area contributed by atoms with Gasteiger partial charge < -0.3 is 16.0 Å². The van der Waals surface area contributed by atoms with Crippen LogP contribution in [0.1, 0.15) is 56.0 Å². The topological polar surface area (TPSA) is 65.5 Å². The maximum absolute atomic E-state index is 11.7. The Kier molecular flexibility index (Phi) is 12.3. The molecule has 3 N–H and O–H groups in total. The average molecular weight is 460 g/mol. The van der Waals surface area contributed by atoms with E-state index in [0.29, 0.717) is 18.2 Å². The summed E-state index contributed by atoms with van der Waals surface area (Å²) in [5, 5.41) is 9.37. The van der Waals surface area contributed by atoms with Gasteiger partial charge in [0, 0.05) is 32.2 Å². The van der Waals surface area contributed by atoms with Gasteiger partial charge in [-0.3, -0.25) is 9.79 Å². The molecule has 0 aromatic heterocycles. The van der Waals surface area contributed by atoms with Crippen molar-refractivity contribution in [2.45, 2.75) is 52.6 Å². The van der Waals surface area contributed by atoms with Crippen LogP contribution in [0.2, 0.25) is 0 Å². The van der Waals surface area contributed by atoms with Crippen LogP contribution in [0.15, 0.2) is 29.3 Å². The van der Waals surface area contributed by atoms with Gasteiger partial charge in [-0.05, 0) is 37.0 Å². The lowest BCUT2D eigenvalue weighted by atomic mass is 10.0. The molecule has 0 spiro atoms. The largest absolute Gasteiger partial charge is 0.355 e. The van der Waals surface area contributed by atoms with Gasteiger partial charge in [0.25, 0.3) is 5.91 Å². The van der Waals surface area contributed by atoms with Crippen molar-refractivity contribution in [3.63, 3.8) is 0 Å². The van der Waals surface area contributed by atoms with E-state index in [2.05, 4.69) is 41.7 Å². The maximum Gasteiger partial charge on any atom is 0.251 e. The molecule has 0 saturated carbocycles. The van der Waals surface area contributed by atoms with E-state index < -0.39 is 0 Å². The van der Waals surface area contributed by atoms with Crippen LogP contribution >= 0.6 is 24.0 Å². The molecule has 0 aliphatic rings. The van der Waals surface area contributed by atoms with Gasteiger partial charge in [0.2, 0.25) is 0 Å². The lowest BCUT2D eigenvalue weighted by Crippen LogP contribution is -2.41. The van der Waals surface area contributed by atoms with E-state index in [1.54, 1.807) is 14.1 Å². The minimum atomic E-state index is -0.0712. The number of guanidine groups is 1. The van der Waals surface area contributed by atoms with Crippen LogP contribution in [0.4, 0.5) is 0 Å². The lowest BCUT2D eigenvalue weighted by Gasteiger charge is -2.18. The fraction of sp³-hybridized carbons (Fsp3) is 0.579. The molecule has 5 nitrogen and oxygen atoms in total. The molecule has 0 saturated heterocycles. The molecule has 1 unspecified atom stereocenters. The molecule has 1 aromatic carbocycles. The number of halogens is 1.